The maximum atomic E-state index is 10.3. The first-order valence-corrected chi connectivity index (χ1v) is 3.92. The quantitative estimate of drug-likeness (QED) is 0.629. The molecular weight excluding hydrogens is 186 g/mol. The lowest BCUT2D eigenvalue weighted by Crippen LogP contribution is -2.02. The van der Waals surface area contributed by atoms with Crippen LogP contribution in [0.2, 0.25) is 0 Å². The number of aromatic nitrogens is 5. The molecule has 0 spiro atoms. The minimum absolute atomic E-state index is 0.283. The molecule has 2 heterocycles. The van der Waals surface area contributed by atoms with Crippen molar-refractivity contribution >= 4 is 6.29 Å². The van der Waals surface area contributed by atoms with E-state index in [0.29, 0.717) is 24.5 Å². The number of aldehydes is 1. The highest BCUT2D eigenvalue weighted by Crippen LogP contribution is 1.98. The zero-order chi connectivity index (χ0) is 9.97. The van der Waals surface area contributed by atoms with Crippen LogP contribution in [0.4, 0.5) is 0 Å². The van der Waals surface area contributed by atoms with Gasteiger partial charge in [0, 0.05) is 6.92 Å². The first kappa shape index (κ1) is 8.54. The van der Waals surface area contributed by atoms with Gasteiger partial charge in [-0.1, -0.05) is 10.4 Å². The van der Waals surface area contributed by atoms with Gasteiger partial charge in [-0.3, -0.25) is 4.79 Å². The fraction of sp³-hybridized carbons (Fsp3) is 0.286. The monoisotopic (exact) mass is 193 g/mol. The van der Waals surface area contributed by atoms with E-state index in [2.05, 4.69) is 20.5 Å². The first-order chi connectivity index (χ1) is 6.78. The van der Waals surface area contributed by atoms with Crippen LogP contribution >= 0.6 is 0 Å². The third-order valence-electron chi connectivity index (χ3n) is 1.55. The van der Waals surface area contributed by atoms with Gasteiger partial charge in [0.05, 0.1) is 6.20 Å². The molecule has 0 atom stereocenters. The van der Waals surface area contributed by atoms with E-state index < -0.39 is 0 Å². The summed E-state index contributed by atoms with van der Waals surface area (Å²) in [5.74, 6) is 1.00. The number of nitrogens with zero attached hydrogens (tertiary/aromatic N) is 5. The van der Waals surface area contributed by atoms with Gasteiger partial charge in [-0.15, -0.1) is 5.10 Å². The molecule has 14 heavy (non-hydrogen) atoms. The molecule has 2 aromatic rings. The lowest BCUT2D eigenvalue weighted by Gasteiger charge is -1.91. The predicted octanol–water partition coefficient (Wildman–Crippen LogP) is -0.170. The van der Waals surface area contributed by atoms with Crippen LogP contribution in [0.25, 0.3) is 0 Å². The van der Waals surface area contributed by atoms with Crippen molar-refractivity contribution in [2.75, 3.05) is 0 Å². The molecule has 0 aliphatic carbocycles. The third-order valence-corrected chi connectivity index (χ3v) is 1.55. The van der Waals surface area contributed by atoms with Gasteiger partial charge in [-0.05, 0) is 0 Å². The fourth-order valence-electron chi connectivity index (χ4n) is 0.995. The van der Waals surface area contributed by atoms with E-state index in [0.717, 1.165) is 0 Å². The first-order valence-electron chi connectivity index (χ1n) is 3.92. The number of hydrogen-bond acceptors (Lipinski definition) is 6. The second-order valence-corrected chi connectivity index (χ2v) is 2.69. The number of hydrogen-bond donors (Lipinski definition) is 0. The summed E-state index contributed by atoms with van der Waals surface area (Å²) in [6.45, 7) is 2.05. The Morgan fingerprint density at radius 2 is 2.50 bits per heavy atom. The molecule has 7 heteroatoms. The standard InChI is InChI=1S/C7H7N5O2/c1-5-8-7(10-14-5)3-12-2-6(4-13)9-11-12/h2,4H,3H2,1H3. The van der Waals surface area contributed by atoms with E-state index in [1.807, 2.05) is 0 Å². The van der Waals surface area contributed by atoms with Gasteiger partial charge in [0.1, 0.15) is 12.2 Å². The van der Waals surface area contributed by atoms with Crippen LogP contribution < -0.4 is 0 Å². The Morgan fingerprint density at radius 1 is 1.64 bits per heavy atom. The van der Waals surface area contributed by atoms with E-state index in [1.165, 1.54) is 10.9 Å². The molecule has 0 unspecified atom stereocenters. The van der Waals surface area contributed by atoms with Gasteiger partial charge < -0.3 is 4.52 Å². The summed E-state index contributed by atoms with van der Waals surface area (Å²) in [6.07, 6.45) is 2.14. The fourth-order valence-corrected chi connectivity index (χ4v) is 0.995. The second-order valence-electron chi connectivity index (χ2n) is 2.69. The maximum absolute atomic E-state index is 10.3. The summed E-state index contributed by atoms with van der Waals surface area (Å²) in [5, 5.41) is 11.0. The minimum atomic E-state index is 0.283. The molecule has 0 radical (unpaired) electrons. The van der Waals surface area contributed by atoms with Crippen molar-refractivity contribution < 1.29 is 9.32 Å². The topological polar surface area (TPSA) is 86.7 Å². The maximum Gasteiger partial charge on any atom is 0.223 e. The lowest BCUT2D eigenvalue weighted by atomic mass is 10.5. The van der Waals surface area contributed by atoms with Gasteiger partial charge in [0.15, 0.2) is 12.1 Å². The average Bonchev–Trinajstić information content (AvgIpc) is 2.76. The van der Waals surface area contributed by atoms with Crippen LogP contribution in [-0.4, -0.2) is 31.4 Å². The molecule has 0 saturated heterocycles. The Labute approximate surface area is 78.7 Å². The zero-order valence-corrected chi connectivity index (χ0v) is 7.41. The Kier molecular flexibility index (Phi) is 2.05. The van der Waals surface area contributed by atoms with Crippen molar-refractivity contribution in [2.45, 2.75) is 13.5 Å². The molecule has 0 N–H and O–H groups in total. The van der Waals surface area contributed by atoms with Gasteiger partial charge in [-0.25, -0.2) is 4.68 Å². The van der Waals surface area contributed by atoms with Crippen LogP contribution in [0.15, 0.2) is 10.7 Å². The Bertz CT molecular complexity index is 446. The summed E-state index contributed by atoms with van der Waals surface area (Å²) in [7, 11) is 0. The van der Waals surface area contributed by atoms with Crippen LogP contribution in [0.5, 0.6) is 0 Å². The van der Waals surface area contributed by atoms with Crippen LogP contribution in [-0.2, 0) is 6.54 Å². The number of rotatable bonds is 3. The van der Waals surface area contributed by atoms with E-state index in [4.69, 9.17) is 4.52 Å². The largest absolute Gasteiger partial charge is 0.340 e. The molecule has 0 aliphatic heterocycles. The smallest absolute Gasteiger partial charge is 0.223 e. The lowest BCUT2D eigenvalue weighted by molar-refractivity contribution is 0.111. The summed E-state index contributed by atoms with van der Waals surface area (Å²) in [5.41, 5.74) is 0.283. The normalized spacial score (nSPS) is 10.4. The van der Waals surface area contributed by atoms with Gasteiger partial charge >= 0.3 is 0 Å². The van der Waals surface area contributed by atoms with Crippen molar-refractivity contribution in [3.63, 3.8) is 0 Å². The molecule has 0 saturated carbocycles. The molecule has 0 aromatic carbocycles. The molecular formula is C7H7N5O2. The van der Waals surface area contributed by atoms with Crippen molar-refractivity contribution in [1.82, 2.24) is 25.1 Å². The van der Waals surface area contributed by atoms with Gasteiger partial charge in [0.2, 0.25) is 5.89 Å². The number of carbonyl (C=O) groups is 1. The third kappa shape index (κ3) is 1.65. The van der Waals surface area contributed by atoms with Crippen molar-refractivity contribution in [2.24, 2.45) is 0 Å². The molecule has 0 bridgehead atoms. The summed E-state index contributed by atoms with van der Waals surface area (Å²) < 4.78 is 6.24. The van der Waals surface area contributed by atoms with Crippen molar-refractivity contribution in [3.05, 3.63) is 23.6 Å². The summed E-state index contributed by atoms with van der Waals surface area (Å²) >= 11 is 0. The summed E-state index contributed by atoms with van der Waals surface area (Å²) in [4.78, 5) is 14.3. The highest BCUT2D eigenvalue weighted by molar-refractivity contribution is 5.70. The minimum Gasteiger partial charge on any atom is -0.340 e. The molecule has 0 aliphatic rings. The number of carbonyl (C=O) groups excluding carboxylic acids is 1. The van der Waals surface area contributed by atoms with Gasteiger partial charge in [0.25, 0.3) is 0 Å². The van der Waals surface area contributed by atoms with Crippen LogP contribution in [0, 0.1) is 6.92 Å². The van der Waals surface area contributed by atoms with E-state index in [-0.39, 0.29) is 5.69 Å². The van der Waals surface area contributed by atoms with Crippen LogP contribution in [0.3, 0.4) is 0 Å². The highest BCUT2D eigenvalue weighted by Gasteiger charge is 2.05. The molecule has 72 valence electrons. The van der Waals surface area contributed by atoms with Crippen LogP contribution in [0.1, 0.15) is 22.2 Å². The van der Waals surface area contributed by atoms with E-state index in [9.17, 15) is 4.79 Å². The molecule has 0 amide bonds. The Balaban J connectivity index is 2.14. The van der Waals surface area contributed by atoms with Crippen molar-refractivity contribution in [1.29, 1.82) is 0 Å². The van der Waals surface area contributed by atoms with Crippen molar-refractivity contribution in [3.8, 4) is 0 Å². The van der Waals surface area contributed by atoms with E-state index >= 15 is 0 Å². The van der Waals surface area contributed by atoms with E-state index in [1.54, 1.807) is 6.92 Å². The summed E-state index contributed by atoms with van der Waals surface area (Å²) in [6, 6.07) is 0. The molecule has 7 nitrogen and oxygen atoms in total. The molecule has 0 fully saturated rings. The average molecular weight is 193 g/mol. The zero-order valence-electron chi connectivity index (χ0n) is 7.41. The number of aryl methyl sites for hydroxylation is 1. The Hall–Kier alpha value is -2.05. The highest BCUT2D eigenvalue weighted by atomic mass is 16.5. The predicted molar refractivity (Wildman–Crippen MR) is 43.5 cm³/mol. The Morgan fingerprint density at radius 3 is 3.07 bits per heavy atom. The molecule has 2 rings (SSSR count). The second kappa shape index (κ2) is 3.36. The molecule has 2 aromatic heterocycles. The van der Waals surface area contributed by atoms with Gasteiger partial charge in [-0.2, -0.15) is 4.98 Å². The SMILES string of the molecule is Cc1nc(Cn2cc(C=O)nn2)no1.